The van der Waals surface area contributed by atoms with Crippen molar-refractivity contribution in [3.05, 3.63) is 93.9 Å². The molecular formula is C25H16F2N4O. The zero-order valence-corrected chi connectivity index (χ0v) is 17.0. The molecule has 2 aromatic heterocycles. The van der Waals surface area contributed by atoms with E-state index in [0.29, 0.717) is 34.1 Å². The van der Waals surface area contributed by atoms with Crippen LogP contribution in [-0.2, 0) is 6.42 Å². The topological polar surface area (TPSA) is 73.9 Å². The fourth-order valence-corrected chi connectivity index (χ4v) is 3.93. The van der Waals surface area contributed by atoms with Crippen LogP contribution < -0.4 is 5.56 Å². The average Bonchev–Trinajstić information content (AvgIpc) is 3.17. The van der Waals surface area contributed by atoms with Crippen LogP contribution in [-0.4, -0.2) is 14.6 Å². The van der Waals surface area contributed by atoms with E-state index in [1.54, 1.807) is 24.3 Å². The van der Waals surface area contributed by atoms with Crippen LogP contribution in [0.15, 0.2) is 65.5 Å². The number of nitriles is 1. The van der Waals surface area contributed by atoms with E-state index in [2.05, 4.69) is 16.2 Å². The van der Waals surface area contributed by atoms with E-state index in [0.717, 1.165) is 17.2 Å². The molecule has 5 nitrogen and oxygen atoms in total. The van der Waals surface area contributed by atoms with Gasteiger partial charge in [-0.25, -0.2) is 18.3 Å². The van der Waals surface area contributed by atoms with Crippen LogP contribution in [0.1, 0.15) is 18.2 Å². The Bertz CT molecular complexity index is 1610. The Morgan fingerprint density at radius 1 is 1.03 bits per heavy atom. The number of rotatable bonds is 3. The number of fused-ring (bicyclic) bond motifs is 2. The second-order valence-electron chi connectivity index (χ2n) is 7.44. The third-order valence-corrected chi connectivity index (χ3v) is 5.54. The molecule has 0 bridgehead atoms. The highest BCUT2D eigenvalue weighted by Crippen LogP contribution is 2.31. The van der Waals surface area contributed by atoms with Crippen molar-refractivity contribution >= 4 is 16.6 Å². The first-order valence-electron chi connectivity index (χ1n) is 10.0. The third-order valence-electron chi connectivity index (χ3n) is 5.54. The van der Waals surface area contributed by atoms with Crippen LogP contribution in [0.2, 0.25) is 0 Å². The summed E-state index contributed by atoms with van der Waals surface area (Å²) in [7, 11) is 0. The molecule has 0 amide bonds. The smallest absolute Gasteiger partial charge is 0.280 e. The van der Waals surface area contributed by atoms with Crippen LogP contribution in [0.5, 0.6) is 0 Å². The molecule has 3 aromatic carbocycles. The summed E-state index contributed by atoms with van der Waals surface area (Å²) in [4.78, 5) is 17.9. The first kappa shape index (κ1) is 19.6. The lowest BCUT2D eigenvalue weighted by Crippen LogP contribution is -2.15. The molecule has 0 atom stereocenters. The molecule has 5 rings (SSSR count). The van der Waals surface area contributed by atoms with Crippen molar-refractivity contribution in [3.63, 3.8) is 0 Å². The van der Waals surface area contributed by atoms with Gasteiger partial charge in [0.05, 0.1) is 28.1 Å². The molecule has 0 spiro atoms. The Labute approximate surface area is 181 Å². The molecule has 7 heteroatoms. The van der Waals surface area contributed by atoms with Crippen LogP contribution in [0.3, 0.4) is 0 Å². The predicted octanol–water partition coefficient (Wildman–Crippen LogP) is 5.22. The van der Waals surface area contributed by atoms with Crippen molar-refractivity contribution in [2.75, 3.05) is 0 Å². The van der Waals surface area contributed by atoms with E-state index in [-0.39, 0.29) is 16.8 Å². The molecule has 32 heavy (non-hydrogen) atoms. The molecule has 5 aromatic rings. The van der Waals surface area contributed by atoms with Crippen molar-refractivity contribution < 1.29 is 8.78 Å². The summed E-state index contributed by atoms with van der Waals surface area (Å²) in [5, 5.41) is 12.4. The fraction of sp³-hybridized carbons (Fsp3) is 0.0800. The molecule has 0 saturated carbocycles. The number of aromatic amines is 1. The molecule has 0 unspecified atom stereocenters. The first-order valence-corrected chi connectivity index (χ1v) is 10.0. The van der Waals surface area contributed by atoms with E-state index in [9.17, 15) is 13.6 Å². The summed E-state index contributed by atoms with van der Waals surface area (Å²) < 4.78 is 29.4. The first-order chi connectivity index (χ1) is 15.5. The number of halogens is 2. The lowest BCUT2D eigenvalue weighted by Gasteiger charge is -2.06. The molecule has 0 saturated heterocycles. The maximum Gasteiger partial charge on any atom is 0.280 e. The van der Waals surface area contributed by atoms with E-state index >= 15 is 0 Å². The highest BCUT2D eigenvalue weighted by atomic mass is 19.1. The van der Waals surface area contributed by atoms with Crippen molar-refractivity contribution in [1.29, 1.82) is 5.26 Å². The lowest BCUT2D eigenvalue weighted by molar-refractivity contribution is 0.585. The molecule has 156 valence electrons. The number of nitrogens with zero attached hydrogens (tertiary/aromatic N) is 3. The molecule has 2 heterocycles. The number of aryl methyl sites for hydroxylation is 1. The quantitative estimate of drug-likeness (QED) is 0.430. The van der Waals surface area contributed by atoms with Gasteiger partial charge < -0.3 is 0 Å². The van der Waals surface area contributed by atoms with Gasteiger partial charge in [-0.1, -0.05) is 25.1 Å². The Morgan fingerprint density at radius 2 is 1.78 bits per heavy atom. The summed E-state index contributed by atoms with van der Waals surface area (Å²) >= 11 is 0. The monoisotopic (exact) mass is 426 g/mol. The summed E-state index contributed by atoms with van der Waals surface area (Å²) in [6.45, 7) is 1.88. The zero-order chi connectivity index (χ0) is 22.4. The molecule has 0 aliphatic rings. The normalized spacial score (nSPS) is 11.2. The average molecular weight is 426 g/mol. The van der Waals surface area contributed by atoms with Crippen molar-refractivity contribution in [2.45, 2.75) is 13.3 Å². The van der Waals surface area contributed by atoms with E-state index in [1.165, 1.54) is 16.6 Å². The minimum absolute atomic E-state index is 0.177. The molecule has 0 fully saturated rings. The number of H-pyrrole nitrogens is 1. The Hall–Kier alpha value is -4.31. The maximum atomic E-state index is 14.6. The Balaban J connectivity index is 1.78. The van der Waals surface area contributed by atoms with Gasteiger partial charge in [-0.15, -0.1) is 0 Å². The van der Waals surface area contributed by atoms with Gasteiger partial charge >= 0.3 is 0 Å². The van der Waals surface area contributed by atoms with Gasteiger partial charge in [0.2, 0.25) is 0 Å². The summed E-state index contributed by atoms with van der Waals surface area (Å²) in [6, 6.07) is 17.9. The van der Waals surface area contributed by atoms with Crippen LogP contribution in [0, 0.1) is 23.0 Å². The number of hydrogen-bond acceptors (Lipinski definition) is 3. The molecule has 1 N–H and O–H groups in total. The van der Waals surface area contributed by atoms with E-state index in [4.69, 9.17) is 5.26 Å². The van der Waals surface area contributed by atoms with E-state index < -0.39 is 11.6 Å². The second kappa shape index (κ2) is 7.43. The van der Waals surface area contributed by atoms with Crippen molar-refractivity contribution in [3.8, 4) is 28.3 Å². The zero-order valence-electron chi connectivity index (χ0n) is 17.0. The number of benzene rings is 3. The minimum Gasteiger partial charge on any atom is -0.293 e. The van der Waals surface area contributed by atoms with Gasteiger partial charge in [0, 0.05) is 17.3 Å². The fourth-order valence-electron chi connectivity index (χ4n) is 3.93. The van der Waals surface area contributed by atoms with Crippen LogP contribution >= 0.6 is 0 Å². The SMILES string of the molecule is CCc1[nH]n2c(=O)c3ccc(-c4ccc(C#N)cc4)cc3nc2c1-c1ccc(F)cc1F. The minimum atomic E-state index is -0.720. The molecule has 0 aliphatic heterocycles. The van der Waals surface area contributed by atoms with E-state index in [1.807, 2.05) is 25.1 Å². The molecular weight excluding hydrogens is 410 g/mol. The van der Waals surface area contributed by atoms with Gasteiger partial charge in [-0.05, 0) is 53.9 Å². The van der Waals surface area contributed by atoms with Crippen LogP contribution in [0.25, 0.3) is 38.8 Å². The predicted molar refractivity (Wildman–Crippen MR) is 118 cm³/mol. The largest absolute Gasteiger partial charge is 0.293 e. The van der Waals surface area contributed by atoms with Gasteiger partial charge in [-0.3, -0.25) is 9.89 Å². The van der Waals surface area contributed by atoms with Crippen molar-refractivity contribution in [2.24, 2.45) is 0 Å². The lowest BCUT2D eigenvalue weighted by atomic mass is 10.0. The highest BCUT2D eigenvalue weighted by Gasteiger charge is 2.20. The Kier molecular flexibility index (Phi) is 4.56. The summed E-state index contributed by atoms with van der Waals surface area (Å²) in [6.07, 6.45) is 0.502. The Morgan fingerprint density at radius 3 is 2.47 bits per heavy atom. The third kappa shape index (κ3) is 3.05. The molecule has 0 radical (unpaired) electrons. The van der Waals surface area contributed by atoms with Gasteiger partial charge in [0.15, 0.2) is 5.65 Å². The highest BCUT2D eigenvalue weighted by molar-refractivity contribution is 5.89. The van der Waals surface area contributed by atoms with Gasteiger partial charge in [0.25, 0.3) is 5.56 Å². The summed E-state index contributed by atoms with van der Waals surface area (Å²) in [5.41, 5.74) is 3.94. The number of nitrogens with one attached hydrogen (secondary N) is 1. The van der Waals surface area contributed by atoms with Crippen molar-refractivity contribution in [1.82, 2.24) is 14.6 Å². The van der Waals surface area contributed by atoms with Gasteiger partial charge in [0.1, 0.15) is 11.6 Å². The second-order valence-corrected chi connectivity index (χ2v) is 7.44. The van der Waals surface area contributed by atoms with Crippen LogP contribution in [0.4, 0.5) is 8.78 Å². The standard InChI is InChI=1S/C25H16F2N4O/c1-2-21-23(18-10-8-17(26)12-20(18)27)24-29-22-11-16(15-5-3-14(13-28)4-6-15)7-9-19(22)25(32)31(24)30-21/h3-12,30H,2H2,1H3. The summed E-state index contributed by atoms with van der Waals surface area (Å²) in [5.74, 6) is -1.39. The number of hydrogen-bond donors (Lipinski definition) is 1. The molecule has 0 aliphatic carbocycles. The maximum absolute atomic E-state index is 14.6. The number of aromatic nitrogens is 3. The van der Waals surface area contributed by atoms with Gasteiger partial charge in [-0.2, -0.15) is 5.26 Å².